The van der Waals surface area contributed by atoms with Gasteiger partial charge >= 0.3 is 5.97 Å². The molecule has 1 fully saturated rings. The molecule has 1 aliphatic heterocycles. The molecule has 0 aromatic heterocycles. The lowest BCUT2D eigenvalue weighted by atomic mass is 9.95. The van der Waals surface area contributed by atoms with Gasteiger partial charge in [-0.05, 0) is 55.9 Å². The molecule has 1 aromatic carbocycles. The highest BCUT2D eigenvalue weighted by molar-refractivity contribution is 5.74. The second kappa shape index (κ2) is 4.49. The first-order chi connectivity index (χ1) is 7.99. The first-order valence-corrected chi connectivity index (χ1v) is 6.05. The summed E-state index contributed by atoms with van der Waals surface area (Å²) in [6.45, 7) is 6.30. The van der Waals surface area contributed by atoms with Gasteiger partial charge in [0.15, 0.2) is 0 Å². The molecule has 0 bridgehead atoms. The summed E-state index contributed by atoms with van der Waals surface area (Å²) in [6.07, 6.45) is 1.62. The number of hydrogen-bond acceptors (Lipinski definition) is 2. The number of carboxylic acid groups (broad SMARTS) is 1. The Labute approximate surface area is 102 Å². The minimum absolute atomic E-state index is 0.190. The maximum absolute atomic E-state index is 10.9. The van der Waals surface area contributed by atoms with Gasteiger partial charge in [0, 0.05) is 6.04 Å². The predicted octanol–water partition coefficient (Wildman–Crippen LogP) is 2.49. The van der Waals surface area contributed by atoms with E-state index in [1.807, 2.05) is 0 Å². The van der Waals surface area contributed by atoms with Crippen molar-refractivity contribution in [1.82, 2.24) is 5.32 Å². The summed E-state index contributed by atoms with van der Waals surface area (Å²) in [5.74, 6) is -0.742. The average Bonchev–Trinajstić information content (AvgIpc) is 2.72. The van der Waals surface area contributed by atoms with Crippen molar-refractivity contribution in [2.45, 2.75) is 45.7 Å². The summed E-state index contributed by atoms with van der Waals surface area (Å²) in [5.41, 5.74) is 5.05. The average molecular weight is 233 g/mol. The standard InChI is InChI=1S/C14H19NO2/c1-8-6-10(3)11(7-9(8)2)12-4-5-13(15-12)14(16)17/h6-7,12-13,15H,4-5H2,1-3H3,(H,16,17). The normalized spacial score (nSPS) is 23.9. The van der Waals surface area contributed by atoms with E-state index in [1.54, 1.807) is 0 Å². The van der Waals surface area contributed by atoms with Gasteiger partial charge in [0.1, 0.15) is 6.04 Å². The highest BCUT2D eigenvalue weighted by atomic mass is 16.4. The lowest BCUT2D eigenvalue weighted by Crippen LogP contribution is -2.32. The van der Waals surface area contributed by atoms with Gasteiger partial charge in [-0.15, -0.1) is 0 Å². The molecule has 1 aromatic rings. The molecule has 0 aliphatic carbocycles. The zero-order valence-corrected chi connectivity index (χ0v) is 10.6. The highest BCUT2D eigenvalue weighted by Gasteiger charge is 2.30. The van der Waals surface area contributed by atoms with Gasteiger partial charge in [-0.25, -0.2) is 0 Å². The fourth-order valence-corrected chi connectivity index (χ4v) is 2.54. The minimum Gasteiger partial charge on any atom is -0.480 e. The Bertz CT molecular complexity index is 454. The molecule has 3 heteroatoms. The van der Waals surface area contributed by atoms with E-state index < -0.39 is 5.97 Å². The van der Waals surface area contributed by atoms with E-state index in [-0.39, 0.29) is 12.1 Å². The molecule has 1 heterocycles. The van der Waals surface area contributed by atoms with E-state index >= 15 is 0 Å². The molecule has 3 nitrogen and oxygen atoms in total. The van der Waals surface area contributed by atoms with Crippen molar-refractivity contribution in [3.05, 3.63) is 34.4 Å². The van der Waals surface area contributed by atoms with Crippen molar-refractivity contribution in [3.8, 4) is 0 Å². The van der Waals surface area contributed by atoms with Crippen LogP contribution in [0.2, 0.25) is 0 Å². The fraction of sp³-hybridized carbons (Fsp3) is 0.500. The van der Waals surface area contributed by atoms with Gasteiger partial charge in [0.05, 0.1) is 0 Å². The molecule has 92 valence electrons. The van der Waals surface area contributed by atoms with Crippen LogP contribution < -0.4 is 5.32 Å². The van der Waals surface area contributed by atoms with Crippen molar-refractivity contribution in [2.24, 2.45) is 0 Å². The van der Waals surface area contributed by atoms with E-state index in [4.69, 9.17) is 5.11 Å². The zero-order valence-electron chi connectivity index (χ0n) is 10.6. The van der Waals surface area contributed by atoms with Crippen molar-refractivity contribution in [3.63, 3.8) is 0 Å². The van der Waals surface area contributed by atoms with Crippen LogP contribution in [-0.4, -0.2) is 17.1 Å². The Morgan fingerprint density at radius 2 is 1.82 bits per heavy atom. The number of carboxylic acids is 1. The molecule has 17 heavy (non-hydrogen) atoms. The van der Waals surface area contributed by atoms with Crippen LogP contribution >= 0.6 is 0 Å². The second-order valence-electron chi connectivity index (χ2n) is 4.98. The van der Waals surface area contributed by atoms with E-state index in [9.17, 15) is 4.79 Å². The maximum atomic E-state index is 10.9. The molecule has 2 N–H and O–H groups in total. The Balaban J connectivity index is 2.24. The van der Waals surface area contributed by atoms with E-state index in [0.29, 0.717) is 6.42 Å². The summed E-state index contributed by atoms with van der Waals surface area (Å²) >= 11 is 0. The SMILES string of the molecule is Cc1cc(C)c(C2CCC(C(=O)O)N2)cc1C. The Kier molecular flexibility index (Phi) is 3.20. The van der Waals surface area contributed by atoms with Crippen LogP contribution in [0.4, 0.5) is 0 Å². The van der Waals surface area contributed by atoms with Gasteiger partial charge in [0.2, 0.25) is 0 Å². The summed E-state index contributed by atoms with van der Waals surface area (Å²) in [4.78, 5) is 10.9. The smallest absolute Gasteiger partial charge is 0.320 e. The van der Waals surface area contributed by atoms with Crippen LogP contribution in [0.1, 0.15) is 41.1 Å². The van der Waals surface area contributed by atoms with Crippen LogP contribution in [-0.2, 0) is 4.79 Å². The molecule has 0 radical (unpaired) electrons. The number of nitrogens with one attached hydrogen (secondary N) is 1. The van der Waals surface area contributed by atoms with Crippen LogP contribution in [0.15, 0.2) is 12.1 Å². The van der Waals surface area contributed by atoms with Crippen LogP contribution in [0, 0.1) is 20.8 Å². The third-order valence-electron chi connectivity index (χ3n) is 3.70. The Hall–Kier alpha value is -1.35. The van der Waals surface area contributed by atoms with Crippen molar-refractivity contribution < 1.29 is 9.90 Å². The van der Waals surface area contributed by atoms with Crippen LogP contribution in [0.5, 0.6) is 0 Å². The lowest BCUT2D eigenvalue weighted by Gasteiger charge is -2.17. The van der Waals surface area contributed by atoms with Crippen molar-refractivity contribution >= 4 is 5.97 Å². The summed E-state index contributed by atoms with van der Waals surface area (Å²) in [5, 5.41) is 12.2. The molecule has 2 unspecified atom stereocenters. The number of aliphatic carboxylic acids is 1. The van der Waals surface area contributed by atoms with Gasteiger partial charge in [-0.2, -0.15) is 0 Å². The predicted molar refractivity (Wildman–Crippen MR) is 67.2 cm³/mol. The third kappa shape index (κ3) is 2.34. The third-order valence-corrected chi connectivity index (χ3v) is 3.70. The number of rotatable bonds is 2. The van der Waals surface area contributed by atoms with E-state index in [0.717, 1.165) is 6.42 Å². The van der Waals surface area contributed by atoms with Gasteiger partial charge in [0.25, 0.3) is 0 Å². The minimum atomic E-state index is -0.742. The molecule has 1 saturated heterocycles. The molecular formula is C14H19NO2. The summed E-state index contributed by atoms with van der Waals surface area (Å²) in [6, 6.07) is 4.17. The molecule has 0 amide bonds. The maximum Gasteiger partial charge on any atom is 0.320 e. The molecular weight excluding hydrogens is 214 g/mol. The quantitative estimate of drug-likeness (QED) is 0.825. The van der Waals surface area contributed by atoms with E-state index in [1.165, 1.54) is 22.3 Å². The lowest BCUT2D eigenvalue weighted by molar-refractivity contribution is -0.139. The molecule has 1 aliphatic rings. The Morgan fingerprint density at radius 1 is 1.18 bits per heavy atom. The van der Waals surface area contributed by atoms with Crippen LogP contribution in [0.25, 0.3) is 0 Å². The topological polar surface area (TPSA) is 49.3 Å². The number of benzene rings is 1. The van der Waals surface area contributed by atoms with Gasteiger partial charge < -0.3 is 5.11 Å². The van der Waals surface area contributed by atoms with Gasteiger partial charge in [-0.1, -0.05) is 12.1 Å². The molecule has 2 rings (SSSR count). The molecule has 0 spiro atoms. The summed E-state index contributed by atoms with van der Waals surface area (Å²) < 4.78 is 0. The fourth-order valence-electron chi connectivity index (χ4n) is 2.54. The molecule has 2 atom stereocenters. The second-order valence-corrected chi connectivity index (χ2v) is 4.98. The largest absolute Gasteiger partial charge is 0.480 e. The van der Waals surface area contributed by atoms with Crippen molar-refractivity contribution in [2.75, 3.05) is 0 Å². The monoisotopic (exact) mass is 233 g/mol. The van der Waals surface area contributed by atoms with Crippen LogP contribution in [0.3, 0.4) is 0 Å². The highest BCUT2D eigenvalue weighted by Crippen LogP contribution is 2.30. The first-order valence-electron chi connectivity index (χ1n) is 6.05. The summed E-state index contributed by atoms with van der Waals surface area (Å²) in [7, 11) is 0. The number of aryl methyl sites for hydroxylation is 3. The van der Waals surface area contributed by atoms with Crippen molar-refractivity contribution in [1.29, 1.82) is 0 Å². The van der Waals surface area contributed by atoms with Gasteiger partial charge in [-0.3, -0.25) is 10.1 Å². The number of carbonyl (C=O) groups is 1. The number of hydrogen-bond donors (Lipinski definition) is 2. The molecule has 0 saturated carbocycles. The Morgan fingerprint density at radius 3 is 2.41 bits per heavy atom. The first kappa shape index (κ1) is 12.1. The van der Waals surface area contributed by atoms with E-state index in [2.05, 4.69) is 38.2 Å². The zero-order chi connectivity index (χ0) is 12.6.